The summed E-state index contributed by atoms with van der Waals surface area (Å²) in [4.78, 5) is 5.46. The van der Waals surface area contributed by atoms with Crippen molar-refractivity contribution in [1.82, 2.24) is 4.90 Å². The first-order chi connectivity index (χ1) is 3.84. The minimum atomic E-state index is -0.0185. The lowest BCUT2D eigenvalue weighted by molar-refractivity contribution is 0.179. The molecule has 1 heterocycles. The molecule has 46 valence electrons. The monoisotopic (exact) mass is 115 g/mol. The number of aliphatic hydroxyl groups is 1. The van der Waals surface area contributed by atoms with Gasteiger partial charge in [0.1, 0.15) is 6.73 Å². The van der Waals surface area contributed by atoms with Crippen molar-refractivity contribution < 1.29 is 5.11 Å². The molecule has 0 fully saturated rings. The summed E-state index contributed by atoms with van der Waals surface area (Å²) < 4.78 is 0. The Hall–Kier alpha value is -0.770. The summed E-state index contributed by atoms with van der Waals surface area (Å²) in [6.45, 7) is 1.45. The van der Waals surface area contributed by atoms with Gasteiger partial charge in [0.2, 0.25) is 0 Å². The summed E-state index contributed by atoms with van der Waals surface area (Å²) in [5.41, 5.74) is 5.31. The van der Waals surface area contributed by atoms with E-state index in [2.05, 4.69) is 4.99 Å². The highest BCUT2D eigenvalue weighted by Crippen LogP contribution is 1.93. The molecule has 0 aliphatic carbocycles. The van der Waals surface area contributed by atoms with Gasteiger partial charge in [0.15, 0.2) is 5.96 Å². The molecule has 4 heteroatoms. The molecule has 0 amide bonds. The summed E-state index contributed by atoms with van der Waals surface area (Å²) in [5, 5.41) is 8.50. The Morgan fingerprint density at radius 1 is 1.88 bits per heavy atom. The van der Waals surface area contributed by atoms with Crippen LogP contribution in [0.15, 0.2) is 4.99 Å². The van der Waals surface area contributed by atoms with Gasteiger partial charge in [0.05, 0.1) is 6.54 Å². The van der Waals surface area contributed by atoms with Crippen LogP contribution in [0.5, 0.6) is 0 Å². The van der Waals surface area contributed by atoms with Crippen molar-refractivity contribution in [3.05, 3.63) is 0 Å². The second-order valence-electron chi connectivity index (χ2n) is 1.64. The number of hydrogen-bond acceptors (Lipinski definition) is 4. The Morgan fingerprint density at radius 3 is 2.88 bits per heavy atom. The SMILES string of the molecule is NC1=NCCN1CO. The Morgan fingerprint density at radius 2 is 2.62 bits per heavy atom. The molecule has 0 bridgehead atoms. The van der Waals surface area contributed by atoms with Crippen LogP contribution in [0.1, 0.15) is 0 Å². The zero-order valence-corrected chi connectivity index (χ0v) is 4.54. The molecule has 1 rings (SSSR count). The van der Waals surface area contributed by atoms with Crippen molar-refractivity contribution in [3.8, 4) is 0 Å². The van der Waals surface area contributed by atoms with Crippen LogP contribution in [0.2, 0.25) is 0 Å². The van der Waals surface area contributed by atoms with E-state index in [0.717, 1.165) is 6.54 Å². The van der Waals surface area contributed by atoms with Crippen molar-refractivity contribution in [2.75, 3.05) is 19.8 Å². The second-order valence-corrected chi connectivity index (χ2v) is 1.64. The molecule has 0 saturated carbocycles. The highest BCUT2D eigenvalue weighted by Gasteiger charge is 2.10. The Kier molecular flexibility index (Phi) is 1.34. The third-order valence-electron chi connectivity index (χ3n) is 1.14. The van der Waals surface area contributed by atoms with E-state index in [0.29, 0.717) is 12.5 Å². The van der Waals surface area contributed by atoms with E-state index >= 15 is 0 Å². The summed E-state index contributed by atoms with van der Waals surface area (Å²) in [6, 6.07) is 0. The van der Waals surface area contributed by atoms with E-state index in [9.17, 15) is 0 Å². The fourth-order valence-corrected chi connectivity index (χ4v) is 0.643. The third-order valence-corrected chi connectivity index (χ3v) is 1.14. The quantitative estimate of drug-likeness (QED) is 0.440. The largest absolute Gasteiger partial charge is 0.376 e. The third kappa shape index (κ3) is 0.742. The van der Waals surface area contributed by atoms with Crippen molar-refractivity contribution in [1.29, 1.82) is 0 Å². The highest BCUT2D eigenvalue weighted by molar-refractivity contribution is 5.79. The Bertz CT molecular complexity index is 112. The molecule has 1 aliphatic heterocycles. The molecule has 0 aromatic carbocycles. The number of guanidine groups is 1. The van der Waals surface area contributed by atoms with Gasteiger partial charge >= 0.3 is 0 Å². The summed E-state index contributed by atoms with van der Waals surface area (Å²) >= 11 is 0. The van der Waals surface area contributed by atoms with Crippen LogP contribution in [0, 0.1) is 0 Å². The molecule has 0 aromatic rings. The van der Waals surface area contributed by atoms with E-state index in [1.54, 1.807) is 4.90 Å². The van der Waals surface area contributed by atoms with Crippen LogP contribution in [-0.4, -0.2) is 35.8 Å². The number of aliphatic imine (C=N–C) groups is 1. The molecular formula is C4H9N3O. The molecule has 0 radical (unpaired) electrons. The minimum absolute atomic E-state index is 0.0185. The van der Waals surface area contributed by atoms with Gasteiger partial charge in [-0.3, -0.25) is 4.99 Å². The molecule has 4 nitrogen and oxygen atoms in total. The summed E-state index contributed by atoms with van der Waals surface area (Å²) in [7, 11) is 0. The standard InChI is InChI=1S/C4H9N3O/c5-4-6-1-2-7(4)3-8/h8H,1-3H2,(H2,5,6). The molecule has 0 atom stereocenters. The first-order valence-electron chi connectivity index (χ1n) is 2.50. The van der Waals surface area contributed by atoms with Crippen molar-refractivity contribution in [2.24, 2.45) is 10.7 Å². The van der Waals surface area contributed by atoms with E-state index < -0.39 is 0 Å². The van der Waals surface area contributed by atoms with Gasteiger partial charge in [-0.1, -0.05) is 0 Å². The first-order valence-corrected chi connectivity index (χ1v) is 2.50. The molecule has 8 heavy (non-hydrogen) atoms. The smallest absolute Gasteiger partial charge is 0.193 e. The molecule has 0 spiro atoms. The van der Waals surface area contributed by atoms with E-state index in [1.165, 1.54) is 0 Å². The lowest BCUT2D eigenvalue weighted by atomic mass is 10.6. The van der Waals surface area contributed by atoms with Crippen LogP contribution in [0.25, 0.3) is 0 Å². The maximum absolute atomic E-state index is 8.50. The Labute approximate surface area is 47.6 Å². The normalized spacial score (nSPS) is 19.1. The van der Waals surface area contributed by atoms with E-state index in [4.69, 9.17) is 10.8 Å². The van der Waals surface area contributed by atoms with Gasteiger partial charge in [-0.05, 0) is 0 Å². The van der Waals surface area contributed by atoms with Crippen molar-refractivity contribution >= 4 is 5.96 Å². The average Bonchev–Trinajstić information content (AvgIpc) is 2.14. The number of aliphatic hydroxyl groups excluding tert-OH is 1. The van der Waals surface area contributed by atoms with Crippen molar-refractivity contribution in [3.63, 3.8) is 0 Å². The number of rotatable bonds is 1. The van der Waals surface area contributed by atoms with Crippen LogP contribution in [0.3, 0.4) is 0 Å². The maximum Gasteiger partial charge on any atom is 0.193 e. The second kappa shape index (κ2) is 2.00. The van der Waals surface area contributed by atoms with Crippen LogP contribution < -0.4 is 5.73 Å². The lowest BCUT2D eigenvalue weighted by Gasteiger charge is -2.11. The molecule has 0 unspecified atom stereocenters. The predicted molar refractivity (Wildman–Crippen MR) is 30.3 cm³/mol. The fraction of sp³-hybridized carbons (Fsp3) is 0.750. The maximum atomic E-state index is 8.50. The summed E-state index contributed by atoms with van der Waals surface area (Å²) in [5.74, 6) is 0.451. The van der Waals surface area contributed by atoms with E-state index in [-0.39, 0.29) is 6.73 Å². The van der Waals surface area contributed by atoms with Gasteiger partial charge in [-0.25, -0.2) is 0 Å². The molecule has 3 N–H and O–H groups in total. The van der Waals surface area contributed by atoms with Crippen LogP contribution in [0.4, 0.5) is 0 Å². The number of nitrogens with zero attached hydrogens (tertiary/aromatic N) is 2. The predicted octanol–water partition coefficient (Wildman–Crippen LogP) is -1.43. The Balaban J connectivity index is 2.46. The number of hydrogen-bond donors (Lipinski definition) is 2. The fourth-order valence-electron chi connectivity index (χ4n) is 0.643. The highest BCUT2D eigenvalue weighted by atomic mass is 16.3. The lowest BCUT2D eigenvalue weighted by Crippen LogP contribution is -2.34. The van der Waals surface area contributed by atoms with Gasteiger partial charge in [0.25, 0.3) is 0 Å². The zero-order valence-electron chi connectivity index (χ0n) is 4.54. The molecule has 0 aromatic heterocycles. The van der Waals surface area contributed by atoms with Gasteiger partial charge in [-0.15, -0.1) is 0 Å². The molecule has 0 saturated heterocycles. The molecular weight excluding hydrogens is 106 g/mol. The number of nitrogens with two attached hydrogens (primary N) is 1. The van der Waals surface area contributed by atoms with Gasteiger partial charge in [0, 0.05) is 6.54 Å². The van der Waals surface area contributed by atoms with Crippen molar-refractivity contribution in [2.45, 2.75) is 0 Å². The zero-order chi connectivity index (χ0) is 5.98. The minimum Gasteiger partial charge on any atom is -0.376 e. The van der Waals surface area contributed by atoms with Crippen LogP contribution in [-0.2, 0) is 0 Å². The first kappa shape index (κ1) is 5.37. The topological polar surface area (TPSA) is 61.8 Å². The summed E-state index contributed by atoms with van der Waals surface area (Å²) in [6.07, 6.45) is 0. The average molecular weight is 115 g/mol. The van der Waals surface area contributed by atoms with Gasteiger partial charge in [-0.2, -0.15) is 0 Å². The molecule has 1 aliphatic rings. The van der Waals surface area contributed by atoms with E-state index in [1.807, 2.05) is 0 Å². The van der Waals surface area contributed by atoms with Gasteiger partial charge < -0.3 is 15.7 Å². The van der Waals surface area contributed by atoms with Crippen LogP contribution >= 0.6 is 0 Å².